The minimum atomic E-state index is -0.581. The van der Waals surface area contributed by atoms with Gasteiger partial charge < -0.3 is 11.1 Å². The number of benzene rings is 1. The number of carbonyl (C=O) groups is 1. The number of nitrogen functional groups attached to an aromatic ring is 1. The quantitative estimate of drug-likeness (QED) is 0.888. The van der Waals surface area contributed by atoms with Crippen molar-refractivity contribution in [3.05, 3.63) is 59.3 Å². The first-order valence-corrected chi connectivity index (χ1v) is 5.51. The Bertz CT molecular complexity index is 617. The molecule has 0 fully saturated rings. The maximum Gasteiger partial charge on any atom is 0.270 e. The Hall–Kier alpha value is -2.50. The molecule has 4 nitrogen and oxygen atoms in total. The molecule has 0 spiro atoms. The third-order valence-electron chi connectivity index (χ3n) is 2.45. The van der Waals surface area contributed by atoms with Crippen LogP contribution in [0, 0.1) is 11.6 Å². The van der Waals surface area contributed by atoms with E-state index in [4.69, 9.17) is 5.73 Å². The molecule has 19 heavy (non-hydrogen) atoms. The number of pyridine rings is 1. The molecule has 0 saturated heterocycles. The number of amides is 1. The van der Waals surface area contributed by atoms with E-state index in [1.54, 1.807) is 12.1 Å². The SMILES string of the molecule is Nc1cccc(C(=O)NCc2cc(F)ccc2F)n1. The van der Waals surface area contributed by atoms with Crippen LogP contribution in [-0.2, 0) is 6.54 Å². The van der Waals surface area contributed by atoms with Gasteiger partial charge in [-0.25, -0.2) is 13.8 Å². The van der Waals surface area contributed by atoms with Crippen molar-refractivity contribution in [1.29, 1.82) is 0 Å². The predicted octanol–water partition coefficient (Wildman–Crippen LogP) is 1.87. The molecule has 0 aliphatic heterocycles. The van der Waals surface area contributed by atoms with Crippen molar-refractivity contribution in [3.63, 3.8) is 0 Å². The van der Waals surface area contributed by atoms with Crippen LogP contribution in [0.1, 0.15) is 16.1 Å². The van der Waals surface area contributed by atoms with Crippen LogP contribution in [0.4, 0.5) is 14.6 Å². The van der Waals surface area contributed by atoms with Gasteiger partial charge >= 0.3 is 0 Å². The molecule has 0 radical (unpaired) electrons. The number of nitrogens with two attached hydrogens (primary N) is 1. The first kappa shape index (κ1) is 12.9. The molecule has 98 valence electrons. The van der Waals surface area contributed by atoms with Gasteiger partial charge in [0.15, 0.2) is 0 Å². The van der Waals surface area contributed by atoms with Crippen LogP contribution >= 0.6 is 0 Å². The summed E-state index contributed by atoms with van der Waals surface area (Å²) in [6.07, 6.45) is 0. The van der Waals surface area contributed by atoms with Crippen LogP contribution in [-0.4, -0.2) is 10.9 Å². The van der Waals surface area contributed by atoms with Crippen molar-refractivity contribution in [1.82, 2.24) is 10.3 Å². The second-order valence-corrected chi connectivity index (χ2v) is 3.87. The molecule has 6 heteroatoms. The van der Waals surface area contributed by atoms with Crippen molar-refractivity contribution >= 4 is 11.7 Å². The highest BCUT2D eigenvalue weighted by atomic mass is 19.1. The van der Waals surface area contributed by atoms with Gasteiger partial charge in [-0.2, -0.15) is 0 Å². The maximum absolute atomic E-state index is 13.3. The molecule has 1 aromatic carbocycles. The number of nitrogens with zero attached hydrogens (tertiary/aromatic N) is 1. The van der Waals surface area contributed by atoms with Gasteiger partial charge in [-0.05, 0) is 30.3 Å². The number of nitrogens with one attached hydrogen (secondary N) is 1. The Morgan fingerprint density at radius 3 is 2.79 bits per heavy atom. The summed E-state index contributed by atoms with van der Waals surface area (Å²) in [6.45, 7) is -0.126. The van der Waals surface area contributed by atoms with Crippen LogP contribution in [0.2, 0.25) is 0 Å². The third kappa shape index (κ3) is 3.25. The summed E-state index contributed by atoms with van der Waals surface area (Å²) in [5.41, 5.74) is 5.64. The maximum atomic E-state index is 13.3. The number of carbonyl (C=O) groups excluding carboxylic acids is 1. The molecule has 1 heterocycles. The molecule has 2 rings (SSSR count). The van der Waals surface area contributed by atoms with E-state index >= 15 is 0 Å². The smallest absolute Gasteiger partial charge is 0.270 e. The standard InChI is InChI=1S/C13H11F2N3O/c14-9-4-5-10(15)8(6-9)7-17-13(19)11-2-1-3-12(16)18-11/h1-6H,7H2,(H2,16,18)(H,17,19). The van der Waals surface area contributed by atoms with E-state index in [0.29, 0.717) is 0 Å². The molecular weight excluding hydrogens is 252 g/mol. The highest BCUT2D eigenvalue weighted by Crippen LogP contribution is 2.09. The number of anilines is 1. The number of halogens is 2. The van der Waals surface area contributed by atoms with Crippen molar-refractivity contribution in [3.8, 4) is 0 Å². The average molecular weight is 263 g/mol. The summed E-state index contributed by atoms with van der Waals surface area (Å²) in [6, 6.07) is 7.66. The molecule has 0 saturated carbocycles. The lowest BCUT2D eigenvalue weighted by Crippen LogP contribution is -2.24. The molecule has 0 atom stereocenters. The molecule has 0 bridgehead atoms. The van der Waals surface area contributed by atoms with Crippen LogP contribution in [0.15, 0.2) is 36.4 Å². The van der Waals surface area contributed by atoms with E-state index in [-0.39, 0.29) is 23.6 Å². The number of aromatic nitrogens is 1. The highest BCUT2D eigenvalue weighted by molar-refractivity contribution is 5.92. The molecule has 0 unspecified atom stereocenters. The summed E-state index contributed by atoms with van der Waals surface area (Å²) in [4.78, 5) is 15.5. The summed E-state index contributed by atoms with van der Waals surface area (Å²) in [5, 5.41) is 2.45. The zero-order chi connectivity index (χ0) is 13.8. The number of hydrogen-bond acceptors (Lipinski definition) is 3. The fourth-order valence-corrected chi connectivity index (χ4v) is 1.52. The van der Waals surface area contributed by atoms with E-state index in [0.717, 1.165) is 18.2 Å². The lowest BCUT2D eigenvalue weighted by Gasteiger charge is -2.06. The van der Waals surface area contributed by atoms with Gasteiger partial charge in [0.2, 0.25) is 0 Å². The average Bonchev–Trinajstić information content (AvgIpc) is 2.39. The minimum Gasteiger partial charge on any atom is -0.384 e. The van der Waals surface area contributed by atoms with Crippen molar-refractivity contribution in [2.75, 3.05) is 5.73 Å². The van der Waals surface area contributed by atoms with E-state index in [1.165, 1.54) is 6.07 Å². The van der Waals surface area contributed by atoms with Gasteiger partial charge in [-0.15, -0.1) is 0 Å². The molecule has 0 aliphatic carbocycles. The van der Waals surface area contributed by atoms with E-state index < -0.39 is 17.5 Å². The normalized spacial score (nSPS) is 10.2. The Balaban J connectivity index is 2.06. The Kier molecular flexibility index (Phi) is 3.70. The van der Waals surface area contributed by atoms with Gasteiger partial charge in [0, 0.05) is 12.1 Å². The van der Waals surface area contributed by atoms with E-state index in [9.17, 15) is 13.6 Å². The third-order valence-corrected chi connectivity index (χ3v) is 2.45. The molecule has 0 aliphatic rings. The summed E-state index contributed by atoms with van der Waals surface area (Å²) in [7, 11) is 0. The second-order valence-electron chi connectivity index (χ2n) is 3.87. The zero-order valence-corrected chi connectivity index (χ0v) is 9.86. The first-order chi connectivity index (χ1) is 9.06. The molecule has 1 aromatic heterocycles. The van der Waals surface area contributed by atoms with Gasteiger partial charge in [0.05, 0.1) is 0 Å². The van der Waals surface area contributed by atoms with Crippen molar-refractivity contribution in [2.45, 2.75) is 6.54 Å². The largest absolute Gasteiger partial charge is 0.384 e. The number of hydrogen-bond donors (Lipinski definition) is 2. The van der Waals surface area contributed by atoms with E-state index in [2.05, 4.69) is 10.3 Å². The Morgan fingerprint density at radius 2 is 2.05 bits per heavy atom. The van der Waals surface area contributed by atoms with Crippen LogP contribution in [0.3, 0.4) is 0 Å². The topological polar surface area (TPSA) is 68.0 Å². The fraction of sp³-hybridized carbons (Fsp3) is 0.0769. The Morgan fingerprint density at radius 1 is 1.26 bits per heavy atom. The lowest BCUT2D eigenvalue weighted by atomic mass is 10.2. The highest BCUT2D eigenvalue weighted by Gasteiger charge is 2.09. The molecule has 3 N–H and O–H groups in total. The van der Waals surface area contributed by atoms with Crippen molar-refractivity contribution in [2.24, 2.45) is 0 Å². The minimum absolute atomic E-state index is 0.0669. The van der Waals surface area contributed by atoms with Gasteiger partial charge in [0.1, 0.15) is 23.1 Å². The van der Waals surface area contributed by atoms with Crippen LogP contribution < -0.4 is 11.1 Å². The van der Waals surface area contributed by atoms with E-state index in [1.807, 2.05) is 0 Å². The first-order valence-electron chi connectivity index (χ1n) is 5.51. The monoisotopic (exact) mass is 263 g/mol. The summed E-state index contributed by atoms with van der Waals surface area (Å²) in [5.74, 6) is -1.43. The van der Waals surface area contributed by atoms with Gasteiger partial charge in [-0.1, -0.05) is 6.07 Å². The van der Waals surface area contributed by atoms with Gasteiger partial charge in [0.25, 0.3) is 5.91 Å². The summed E-state index contributed by atoms with van der Waals surface area (Å²) >= 11 is 0. The second kappa shape index (κ2) is 5.43. The van der Waals surface area contributed by atoms with Gasteiger partial charge in [-0.3, -0.25) is 4.79 Å². The zero-order valence-electron chi connectivity index (χ0n) is 9.86. The Labute approximate surface area is 108 Å². The molecule has 2 aromatic rings. The predicted molar refractivity (Wildman–Crippen MR) is 66.2 cm³/mol. The van der Waals surface area contributed by atoms with Crippen molar-refractivity contribution < 1.29 is 13.6 Å². The molecular formula is C13H11F2N3O. The molecule has 1 amide bonds. The number of rotatable bonds is 3. The summed E-state index contributed by atoms with van der Waals surface area (Å²) < 4.78 is 26.3. The fourth-order valence-electron chi connectivity index (χ4n) is 1.52. The lowest BCUT2D eigenvalue weighted by molar-refractivity contribution is 0.0945. The van der Waals surface area contributed by atoms with Crippen LogP contribution in [0.25, 0.3) is 0 Å². The van der Waals surface area contributed by atoms with Crippen LogP contribution in [0.5, 0.6) is 0 Å².